The van der Waals surface area contributed by atoms with Gasteiger partial charge in [-0.15, -0.1) is 11.3 Å². The number of piperidine rings is 1. The second-order valence-electron chi connectivity index (χ2n) is 6.46. The van der Waals surface area contributed by atoms with E-state index in [4.69, 9.17) is 0 Å². The quantitative estimate of drug-likeness (QED) is 0.835. The molecule has 0 unspecified atom stereocenters. The highest BCUT2D eigenvalue weighted by molar-refractivity contribution is 7.15. The number of aryl methyl sites for hydroxylation is 1. The number of likely N-dealkylation sites (tertiary alicyclic amines) is 1. The third-order valence-electron chi connectivity index (χ3n) is 4.41. The van der Waals surface area contributed by atoms with Crippen molar-refractivity contribution in [1.29, 1.82) is 0 Å². The Balaban J connectivity index is 1.79. The normalized spacial score (nSPS) is 16.8. The van der Waals surface area contributed by atoms with Gasteiger partial charge in [-0.25, -0.2) is 15.0 Å². The number of thiazole rings is 1. The summed E-state index contributed by atoms with van der Waals surface area (Å²) in [6.45, 7) is 6.95. The Morgan fingerprint density at radius 2 is 1.96 bits per heavy atom. The Hall–Kier alpha value is -1.74. The van der Waals surface area contributed by atoms with Gasteiger partial charge in [-0.05, 0) is 32.7 Å². The first-order chi connectivity index (χ1) is 12.4. The van der Waals surface area contributed by atoms with Crippen molar-refractivity contribution in [2.75, 3.05) is 25.0 Å². The number of nitrogens with one attached hydrogen (secondary N) is 1. The van der Waals surface area contributed by atoms with Gasteiger partial charge in [-0.1, -0.05) is 6.92 Å². The summed E-state index contributed by atoms with van der Waals surface area (Å²) < 4.78 is 40.0. The van der Waals surface area contributed by atoms with Crippen LogP contribution >= 0.6 is 11.3 Å². The molecule has 1 aliphatic rings. The van der Waals surface area contributed by atoms with E-state index >= 15 is 0 Å². The molecule has 2 aromatic rings. The van der Waals surface area contributed by atoms with Gasteiger partial charge in [-0.3, -0.25) is 0 Å². The second kappa shape index (κ2) is 7.87. The zero-order valence-corrected chi connectivity index (χ0v) is 15.6. The molecule has 0 spiro atoms. The van der Waals surface area contributed by atoms with E-state index in [0.29, 0.717) is 9.88 Å². The summed E-state index contributed by atoms with van der Waals surface area (Å²) in [6.07, 6.45) is 0.782. The second-order valence-corrected chi connectivity index (χ2v) is 7.69. The van der Waals surface area contributed by atoms with E-state index in [1.807, 2.05) is 0 Å². The largest absolute Gasteiger partial charge is 0.420 e. The average molecular weight is 385 g/mol. The standard InChI is InChI=1S/C17H22F3N5S/c1-3-6-25-7-4-12(5-8-25)23-16-22-9-13(17(18,19)20)15(24-16)14-10-21-11(2)26-14/h9-10,12H,3-8H2,1-2H3,(H,22,23,24). The summed E-state index contributed by atoms with van der Waals surface area (Å²) in [5.41, 5.74) is -0.937. The summed E-state index contributed by atoms with van der Waals surface area (Å²) in [5, 5.41) is 3.91. The Morgan fingerprint density at radius 1 is 1.23 bits per heavy atom. The molecule has 5 nitrogen and oxygen atoms in total. The van der Waals surface area contributed by atoms with Gasteiger partial charge in [0.2, 0.25) is 5.95 Å². The van der Waals surface area contributed by atoms with Gasteiger partial charge in [0.05, 0.1) is 15.6 Å². The van der Waals surface area contributed by atoms with Crippen LogP contribution in [0.15, 0.2) is 12.4 Å². The topological polar surface area (TPSA) is 53.9 Å². The summed E-state index contributed by atoms with van der Waals surface area (Å²) in [4.78, 5) is 15.0. The van der Waals surface area contributed by atoms with Crippen LogP contribution in [0.4, 0.5) is 19.1 Å². The number of alkyl halides is 3. The fourth-order valence-corrected chi connectivity index (χ4v) is 3.90. The fourth-order valence-electron chi connectivity index (χ4n) is 3.12. The minimum absolute atomic E-state index is 0.107. The van der Waals surface area contributed by atoms with Crippen molar-refractivity contribution >= 4 is 17.3 Å². The molecule has 1 aliphatic heterocycles. The molecule has 0 saturated carbocycles. The monoisotopic (exact) mass is 385 g/mol. The first-order valence-electron chi connectivity index (χ1n) is 8.72. The number of rotatable bonds is 5. The van der Waals surface area contributed by atoms with Crippen molar-refractivity contribution in [3.8, 4) is 10.6 Å². The van der Waals surface area contributed by atoms with E-state index in [1.54, 1.807) is 6.92 Å². The number of nitrogens with zero attached hydrogens (tertiary/aromatic N) is 4. The third kappa shape index (κ3) is 4.50. The van der Waals surface area contributed by atoms with Crippen LogP contribution in [0.25, 0.3) is 10.6 Å². The SMILES string of the molecule is CCCN1CCC(Nc2ncc(C(F)(F)F)c(-c3cnc(C)s3)n2)CC1. The number of anilines is 1. The van der Waals surface area contributed by atoms with Crippen LogP contribution < -0.4 is 5.32 Å². The lowest BCUT2D eigenvalue weighted by Crippen LogP contribution is -2.39. The predicted molar refractivity (Wildman–Crippen MR) is 96.3 cm³/mol. The van der Waals surface area contributed by atoms with Gasteiger partial charge < -0.3 is 10.2 Å². The highest BCUT2D eigenvalue weighted by Crippen LogP contribution is 2.37. The van der Waals surface area contributed by atoms with Crippen molar-refractivity contribution in [1.82, 2.24) is 19.9 Å². The van der Waals surface area contributed by atoms with Crippen molar-refractivity contribution in [3.05, 3.63) is 23.0 Å². The maximum atomic E-state index is 13.3. The highest BCUT2D eigenvalue weighted by atomic mass is 32.1. The Kier molecular flexibility index (Phi) is 5.76. The molecule has 142 valence electrons. The van der Waals surface area contributed by atoms with Crippen LogP contribution in [0.3, 0.4) is 0 Å². The van der Waals surface area contributed by atoms with E-state index in [-0.39, 0.29) is 17.7 Å². The smallest absolute Gasteiger partial charge is 0.351 e. The van der Waals surface area contributed by atoms with E-state index in [9.17, 15) is 13.2 Å². The van der Waals surface area contributed by atoms with Gasteiger partial charge in [-0.2, -0.15) is 13.2 Å². The first kappa shape index (κ1) is 19.0. The molecule has 1 fully saturated rings. The molecule has 26 heavy (non-hydrogen) atoms. The Bertz CT molecular complexity index is 738. The van der Waals surface area contributed by atoms with Crippen molar-refractivity contribution in [2.24, 2.45) is 0 Å². The van der Waals surface area contributed by atoms with E-state index in [1.165, 1.54) is 17.5 Å². The Morgan fingerprint density at radius 3 is 2.54 bits per heavy atom. The van der Waals surface area contributed by atoms with Gasteiger partial charge in [0.25, 0.3) is 0 Å². The lowest BCUT2D eigenvalue weighted by Gasteiger charge is -2.32. The highest BCUT2D eigenvalue weighted by Gasteiger charge is 2.36. The van der Waals surface area contributed by atoms with Crippen LogP contribution in [0.1, 0.15) is 36.8 Å². The molecule has 0 atom stereocenters. The average Bonchev–Trinajstić information content (AvgIpc) is 3.02. The maximum Gasteiger partial charge on any atom is 0.420 e. The maximum absolute atomic E-state index is 13.3. The van der Waals surface area contributed by atoms with E-state index in [2.05, 4.69) is 32.1 Å². The van der Waals surface area contributed by atoms with Gasteiger partial charge in [0.15, 0.2) is 0 Å². The summed E-state index contributed by atoms with van der Waals surface area (Å²) in [6, 6.07) is 0.177. The molecule has 9 heteroatoms. The minimum Gasteiger partial charge on any atom is -0.351 e. The molecule has 1 N–H and O–H groups in total. The van der Waals surface area contributed by atoms with Crippen LogP contribution in [-0.4, -0.2) is 45.5 Å². The molecule has 0 amide bonds. The number of halogens is 3. The zero-order valence-electron chi connectivity index (χ0n) is 14.8. The molecular formula is C17H22F3N5S. The number of hydrogen-bond acceptors (Lipinski definition) is 6. The Labute approximate surface area is 154 Å². The first-order valence-corrected chi connectivity index (χ1v) is 9.54. The minimum atomic E-state index is -4.50. The van der Waals surface area contributed by atoms with Crippen LogP contribution in [0, 0.1) is 6.92 Å². The molecule has 0 radical (unpaired) electrons. The van der Waals surface area contributed by atoms with Crippen molar-refractivity contribution in [3.63, 3.8) is 0 Å². The van der Waals surface area contributed by atoms with Crippen LogP contribution in [0.2, 0.25) is 0 Å². The summed E-state index contributed by atoms with van der Waals surface area (Å²) in [5.74, 6) is 0.244. The van der Waals surface area contributed by atoms with E-state index in [0.717, 1.165) is 45.1 Å². The third-order valence-corrected chi connectivity index (χ3v) is 5.33. The van der Waals surface area contributed by atoms with Gasteiger partial charge in [0.1, 0.15) is 5.56 Å². The molecule has 3 rings (SSSR count). The predicted octanol–water partition coefficient (Wildman–Crippen LogP) is 4.21. The van der Waals surface area contributed by atoms with Crippen molar-refractivity contribution in [2.45, 2.75) is 45.3 Å². The molecule has 1 saturated heterocycles. The van der Waals surface area contributed by atoms with Gasteiger partial charge in [0, 0.05) is 31.5 Å². The number of aromatic nitrogens is 3. The zero-order chi connectivity index (χ0) is 18.7. The molecule has 0 aromatic carbocycles. The summed E-state index contributed by atoms with van der Waals surface area (Å²) >= 11 is 1.20. The van der Waals surface area contributed by atoms with Crippen LogP contribution in [-0.2, 0) is 6.18 Å². The number of hydrogen-bond donors (Lipinski definition) is 1. The fraction of sp³-hybridized carbons (Fsp3) is 0.588. The molecular weight excluding hydrogens is 363 g/mol. The molecule has 0 aliphatic carbocycles. The lowest BCUT2D eigenvalue weighted by molar-refractivity contribution is -0.137. The van der Waals surface area contributed by atoms with Gasteiger partial charge >= 0.3 is 6.18 Å². The summed E-state index contributed by atoms with van der Waals surface area (Å²) in [7, 11) is 0. The lowest BCUT2D eigenvalue weighted by atomic mass is 10.1. The van der Waals surface area contributed by atoms with Crippen molar-refractivity contribution < 1.29 is 13.2 Å². The molecule has 3 heterocycles. The molecule has 0 bridgehead atoms. The molecule has 2 aromatic heterocycles. The van der Waals surface area contributed by atoms with E-state index < -0.39 is 11.7 Å². The van der Waals surface area contributed by atoms with Crippen LogP contribution in [0.5, 0.6) is 0 Å².